The van der Waals surface area contributed by atoms with Gasteiger partial charge in [0, 0.05) is 25.5 Å². The van der Waals surface area contributed by atoms with Gasteiger partial charge in [-0.3, -0.25) is 0 Å². The first kappa shape index (κ1) is 15.2. The Labute approximate surface area is 110 Å². The summed E-state index contributed by atoms with van der Waals surface area (Å²) in [7, 11) is -3.28. The SMILES string of the molecule is CC1CCN(S(=O)(=O)NCC(C)CCCl)CC1. The van der Waals surface area contributed by atoms with Crippen molar-refractivity contribution in [1.82, 2.24) is 9.03 Å². The van der Waals surface area contributed by atoms with Crippen molar-refractivity contribution < 1.29 is 8.42 Å². The first-order valence-corrected chi connectivity index (χ1v) is 8.24. The molecular formula is C11H23ClN2O2S. The lowest BCUT2D eigenvalue weighted by Gasteiger charge is -2.29. The third kappa shape index (κ3) is 5.12. The van der Waals surface area contributed by atoms with E-state index in [0.29, 0.717) is 31.4 Å². The van der Waals surface area contributed by atoms with Crippen LogP contribution in [0.15, 0.2) is 0 Å². The number of rotatable bonds is 6. The Hall–Kier alpha value is 0.160. The van der Waals surface area contributed by atoms with Gasteiger partial charge in [0.15, 0.2) is 0 Å². The average Bonchev–Trinajstić information content (AvgIpc) is 2.28. The molecule has 102 valence electrons. The van der Waals surface area contributed by atoms with Gasteiger partial charge in [0.25, 0.3) is 10.2 Å². The van der Waals surface area contributed by atoms with Crippen LogP contribution in [0.3, 0.4) is 0 Å². The van der Waals surface area contributed by atoms with Gasteiger partial charge < -0.3 is 0 Å². The number of nitrogens with one attached hydrogen (secondary N) is 1. The lowest BCUT2D eigenvalue weighted by atomic mass is 10.0. The van der Waals surface area contributed by atoms with Crippen molar-refractivity contribution in [2.24, 2.45) is 11.8 Å². The normalized spacial score (nSPS) is 21.6. The molecular weight excluding hydrogens is 260 g/mol. The molecule has 1 N–H and O–H groups in total. The monoisotopic (exact) mass is 282 g/mol. The topological polar surface area (TPSA) is 49.4 Å². The van der Waals surface area contributed by atoms with Crippen LogP contribution < -0.4 is 4.72 Å². The summed E-state index contributed by atoms with van der Waals surface area (Å²) in [4.78, 5) is 0. The van der Waals surface area contributed by atoms with E-state index < -0.39 is 10.2 Å². The molecule has 0 amide bonds. The summed E-state index contributed by atoms with van der Waals surface area (Å²) in [6, 6.07) is 0. The third-order valence-electron chi connectivity index (χ3n) is 3.30. The van der Waals surface area contributed by atoms with Crippen LogP contribution in [0.1, 0.15) is 33.1 Å². The lowest BCUT2D eigenvalue weighted by molar-refractivity contribution is 0.284. The second-order valence-corrected chi connectivity index (χ2v) is 7.15. The van der Waals surface area contributed by atoms with Gasteiger partial charge in [0.05, 0.1) is 0 Å². The molecule has 1 aliphatic heterocycles. The maximum Gasteiger partial charge on any atom is 0.279 e. The van der Waals surface area contributed by atoms with E-state index in [0.717, 1.165) is 19.3 Å². The molecule has 0 spiro atoms. The number of piperidine rings is 1. The van der Waals surface area contributed by atoms with Crippen LogP contribution in [0.2, 0.25) is 0 Å². The second kappa shape index (κ2) is 6.92. The van der Waals surface area contributed by atoms with Gasteiger partial charge >= 0.3 is 0 Å². The number of halogens is 1. The average molecular weight is 283 g/mol. The molecule has 0 aliphatic carbocycles. The van der Waals surface area contributed by atoms with E-state index in [9.17, 15) is 8.42 Å². The molecule has 17 heavy (non-hydrogen) atoms. The molecule has 0 saturated carbocycles. The molecule has 1 atom stereocenters. The van der Waals surface area contributed by atoms with E-state index in [2.05, 4.69) is 11.6 Å². The van der Waals surface area contributed by atoms with E-state index in [4.69, 9.17) is 11.6 Å². The van der Waals surface area contributed by atoms with Gasteiger partial charge in [-0.05, 0) is 31.1 Å². The Bertz CT molecular complexity index is 313. The summed E-state index contributed by atoms with van der Waals surface area (Å²) >= 11 is 5.62. The highest BCUT2D eigenvalue weighted by molar-refractivity contribution is 7.87. The number of nitrogens with zero attached hydrogens (tertiary/aromatic N) is 1. The zero-order valence-corrected chi connectivity index (χ0v) is 12.2. The minimum absolute atomic E-state index is 0.283. The molecule has 4 nitrogen and oxygen atoms in total. The predicted octanol–water partition coefficient (Wildman–Crippen LogP) is 1.82. The standard InChI is InChI=1S/C11H23ClN2O2S/c1-10-4-7-14(8-5-10)17(15,16)13-9-11(2)3-6-12/h10-11,13H,3-9H2,1-2H3. The fourth-order valence-corrected chi connectivity index (χ4v) is 3.59. The van der Waals surface area contributed by atoms with Crippen molar-refractivity contribution in [1.29, 1.82) is 0 Å². The van der Waals surface area contributed by atoms with Crippen LogP contribution >= 0.6 is 11.6 Å². The Morgan fingerprint density at radius 2 is 2.00 bits per heavy atom. The smallest absolute Gasteiger partial charge is 0.202 e. The van der Waals surface area contributed by atoms with Crippen LogP contribution in [-0.2, 0) is 10.2 Å². The van der Waals surface area contributed by atoms with Gasteiger partial charge in [0.1, 0.15) is 0 Å². The van der Waals surface area contributed by atoms with Crippen LogP contribution in [-0.4, -0.2) is 38.2 Å². The lowest BCUT2D eigenvalue weighted by Crippen LogP contribution is -2.45. The van der Waals surface area contributed by atoms with Gasteiger partial charge in [-0.1, -0.05) is 13.8 Å². The van der Waals surface area contributed by atoms with Crippen LogP contribution in [0.25, 0.3) is 0 Å². The summed E-state index contributed by atoms with van der Waals surface area (Å²) in [5, 5.41) is 0. The largest absolute Gasteiger partial charge is 0.279 e. The molecule has 0 radical (unpaired) electrons. The maximum atomic E-state index is 12.0. The van der Waals surface area contributed by atoms with Crippen LogP contribution in [0, 0.1) is 11.8 Å². The molecule has 6 heteroatoms. The summed E-state index contributed by atoms with van der Waals surface area (Å²) in [5.74, 6) is 1.49. The molecule has 1 fully saturated rings. The zero-order valence-electron chi connectivity index (χ0n) is 10.7. The molecule has 0 aromatic heterocycles. The van der Waals surface area contributed by atoms with Crippen molar-refractivity contribution in [3.05, 3.63) is 0 Å². The first-order chi connectivity index (χ1) is 7.95. The predicted molar refractivity (Wildman–Crippen MR) is 71.4 cm³/mol. The maximum absolute atomic E-state index is 12.0. The van der Waals surface area contributed by atoms with Crippen molar-refractivity contribution in [3.63, 3.8) is 0 Å². The van der Waals surface area contributed by atoms with Crippen molar-refractivity contribution >= 4 is 21.8 Å². The van der Waals surface area contributed by atoms with Crippen LogP contribution in [0.4, 0.5) is 0 Å². The molecule has 0 bridgehead atoms. The zero-order chi connectivity index (χ0) is 12.9. The fraction of sp³-hybridized carbons (Fsp3) is 1.00. The van der Waals surface area contributed by atoms with Crippen molar-refractivity contribution in [2.45, 2.75) is 33.1 Å². The van der Waals surface area contributed by atoms with Gasteiger partial charge in [-0.2, -0.15) is 12.7 Å². The number of alkyl halides is 1. The molecule has 1 saturated heterocycles. The second-order valence-electron chi connectivity index (χ2n) is 5.02. The molecule has 1 unspecified atom stereocenters. The summed E-state index contributed by atoms with van der Waals surface area (Å²) < 4.78 is 28.2. The van der Waals surface area contributed by atoms with E-state index in [1.807, 2.05) is 6.92 Å². The molecule has 0 aromatic carbocycles. The van der Waals surface area contributed by atoms with Crippen molar-refractivity contribution in [2.75, 3.05) is 25.5 Å². The van der Waals surface area contributed by atoms with Crippen LogP contribution in [0.5, 0.6) is 0 Å². The minimum Gasteiger partial charge on any atom is -0.202 e. The summed E-state index contributed by atoms with van der Waals surface area (Å²) in [6.07, 6.45) is 2.75. The Morgan fingerprint density at radius 1 is 1.41 bits per heavy atom. The molecule has 1 aliphatic rings. The Balaban J connectivity index is 2.40. The first-order valence-electron chi connectivity index (χ1n) is 6.26. The highest BCUT2D eigenvalue weighted by atomic mass is 35.5. The minimum atomic E-state index is -3.28. The van der Waals surface area contributed by atoms with E-state index in [-0.39, 0.29) is 5.92 Å². The fourth-order valence-electron chi connectivity index (χ4n) is 1.85. The van der Waals surface area contributed by atoms with Gasteiger partial charge in [-0.15, -0.1) is 11.6 Å². The van der Waals surface area contributed by atoms with E-state index >= 15 is 0 Å². The Kier molecular flexibility index (Phi) is 6.20. The van der Waals surface area contributed by atoms with Gasteiger partial charge in [-0.25, -0.2) is 4.72 Å². The highest BCUT2D eigenvalue weighted by Crippen LogP contribution is 2.18. The highest BCUT2D eigenvalue weighted by Gasteiger charge is 2.26. The van der Waals surface area contributed by atoms with E-state index in [1.165, 1.54) is 0 Å². The summed E-state index contributed by atoms with van der Waals surface area (Å²) in [5.41, 5.74) is 0. The Morgan fingerprint density at radius 3 is 2.53 bits per heavy atom. The quantitative estimate of drug-likeness (QED) is 0.756. The molecule has 0 aromatic rings. The third-order valence-corrected chi connectivity index (χ3v) is 5.09. The number of hydrogen-bond acceptors (Lipinski definition) is 2. The molecule has 1 rings (SSSR count). The van der Waals surface area contributed by atoms with Gasteiger partial charge in [0.2, 0.25) is 0 Å². The van der Waals surface area contributed by atoms with E-state index in [1.54, 1.807) is 4.31 Å². The van der Waals surface area contributed by atoms with Crippen molar-refractivity contribution in [3.8, 4) is 0 Å². The summed E-state index contributed by atoms with van der Waals surface area (Å²) in [6.45, 7) is 5.92. The number of hydrogen-bond donors (Lipinski definition) is 1. The molecule has 1 heterocycles.